The summed E-state index contributed by atoms with van der Waals surface area (Å²) < 4.78 is 13.0. The number of hydrogen-bond acceptors (Lipinski definition) is 1. The number of amides is 2. The first-order valence-electron chi connectivity index (χ1n) is 6.46. The molecule has 1 aromatic rings. The normalized spacial score (nSPS) is 16.3. The van der Waals surface area contributed by atoms with Crippen molar-refractivity contribution in [3.8, 4) is 0 Å². The van der Waals surface area contributed by atoms with Gasteiger partial charge in [0.2, 0.25) is 0 Å². The number of anilines is 1. The fourth-order valence-electron chi connectivity index (χ4n) is 2.41. The molecule has 98 valence electrons. The molecule has 0 unspecified atom stereocenters. The molecular weight excluding hydrogens is 231 g/mol. The van der Waals surface area contributed by atoms with Gasteiger partial charge in [0.1, 0.15) is 5.82 Å². The van der Waals surface area contributed by atoms with Gasteiger partial charge in [-0.1, -0.05) is 25.3 Å². The minimum Gasteiger partial charge on any atom is -0.325 e. The molecule has 1 aromatic carbocycles. The Balaban J connectivity index is 1.94. The highest BCUT2D eigenvalue weighted by Crippen LogP contribution is 2.22. The molecule has 0 aliphatic heterocycles. The lowest BCUT2D eigenvalue weighted by molar-refractivity contribution is 0.186. The Labute approximate surface area is 107 Å². The Morgan fingerprint density at radius 1 is 1.33 bits per heavy atom. The number of benzene rings is 1. The second-order valence-electron chi connectivity index (χ2n) is 4.84. The van der Waals surface area contributed by atoms with Crippen molar-refractivity contribution in [2.45, 2.75) is 38.1 Å². The molecule has 0 spiro atoms. The van der Waals surface area contributed by atoms with Crippen LogP contribution in [0.15, 0.2) is 24.3 Å². The molecule has 18 heavy (non-hydrogen) atoms. The smallest absolute Gasteiger partial charge is 0.321 e. The van der Waals surface area contributed by atoms with Gasteiger partial charge in [0, 0.05) is 18.8 Å². The minimum absolute atomic E-state index is 0.160. The molecule has 1 fully saturated rings. The molecule has 0 heterocycles. The number of hydrogen-bond donors (Lipinski definition) is 1. The molecule has 0 atom stereocenters. The van der Waals surface area contributed by atoms with Crippen LogP contribution in [0.2, 0.25) is 0 Å². The maximum absolute atomic E-state index is 13.0. The van der Waals surface area contributed by atoms with Crippen LogP contribution in [0.5, 0.6) is 0 Å². The van der Waals surface area contributed by atoms with E-state index in [9.17, 15) is 9.18 Å². The molecule has 0 aromatic heterocycles. The highest BCUT2D eigenvalue weighted by atomic mass is 19.1. The van der Waals surface area contributed by atoms with Crippen LogP contribution in [0.3, 0.4) is 0 Å². The summed E-state index contributed by atoms with van der Waals surface area (Å²) in [6.07, 6.45) is 5.75. The molecule has 0 bridgehead atoms. The Kier molecular flexibility index (Phi) is 4.18. The molecule has 1 N–H and O–H groups in total. The van der Waals surface area contributed by atoms with Crippen LogP contribution >= 0.6 is 0 Å². The Bertz CT molecular complexity index is 416. The second-order valence-corrected chi connectivity index (χ2v) is 4.84. The van der Waals surface area contributed by atoms with E-state index in [1.54, 1.807) is 17.0 Å². The number of urea groups is 1. The quantitative estimate of drug-likeness (QED) is 0.854. The van der Waals surface area contributed by atoms with E-state index in [1.165, 1.54) is 31.4 Å². The maximum atomic E-state index is 13.0. The predicted octanol–water partition coefficient (Wildman–Crippen LogP) is 3.62. The number of halogens is 1. The summed E-state index contributed by atoms with van der Waals surface area (Å²) in [6.45, 7) is 0. The summed E-state index contributed by atoms with van der Waals surface area (Å²) >= 11 is 0. The molecular formula is C14H19FN2O. The van der Waals surface area contributed by atoms with Crippen molar-refractivity contribution in [1.29, 1.82) is 0 Å². The molecule has 3 nitrogen and oxygen atoms in total. The van der Waals surface area contributed by atoms with Gasteiger partial charge < -0.3 is 10.2 Å². The summed E-state index contributed by atoms with van der Waals surface area (Å²) in [7, 11) is 1.81. The molecule has 4 heteroatoms. The monoisotopic (exact) mass is 250 g/mol. The Hall–Kier alpha value is -1.58. The van der Waals surface area contributed by atoms with Gasteiger partial charge in [-0.15, -0.1) is 0 Å². The van der Waals surface area contributed by atoms with Crippen LogP contribution in [0, 0.1) is 5.82 Å². The van der Waals surface area contributed by atoms with Crippen LogP contribution in [-0.4, -0.2) is 24.0 Å². The SMILES string of the molecule is CN(C(=O)Nc1cccc(F)c1)C1CCCCC1. The fourth-order valence-corrected chi connectivity index (χ4v) is 2.41. The van der Waals surface area contributed by atoms with Crippen LogP contribution in [0.1, 0.15) is 32.1 Å². The van der Waals surface area contributed by atoms with Gasteiger partial charge in [-0.3, -0.25) is 0 Å². The van der Waals surface area contributed by atoms with Gasteiger partial charge in [0.25, 0.3) is 0 Å². The van der Waals surface area contributed by atoms with Crippen LogP contribution in [-0.2, 0) is 0 Å². The van der Waals surface area contributed by atoms with Crippen molar-refractivity contribution >= 4 is 11.7 Å². The first kappa shape index (κ1) is 12.9. The zero-order chi connectivity index (χ0) is 13.0. The van der Waals surface area contributed by atoms with E-state index in [0.29, 0.717) is 11.7 Å². The Morgan fingerprint density at radius 2 is 2.06 bits per heavy atom. The number of carbonyl (C=O) groups excluding carboxylic acids is 1. The van der Waals surface area contributed by atoms with Gasteiger partial charge in [0.15, 0.2) is 0 Å². The van der Waals surface area contributed by atoms with Gasteiger partial charge >= 0.3 is 6.03 Å². The summed E-state index contributed by atoms with van der Waals surface area (Å²) in [5.74, 6) is -0.340. The van der Waals surface area contributed by atoms with E-state index in [0.717, 1.165) is 12.8 Å². The maximum Gasteiger partial charge on any atom is 0.321 e. The Morgan fingerprint density at radius 3 is 2.72 bits per heavy atom. The van der Waals surface area contributed by atoms with Crippen molar-refractivity contribution < 1.29 is 9.18 Å². The molecule has 1 aliphatic rings. The molecule has 1 saturated carbocycles. The molecule has 1 aliphatic carbocycles. The van der Waals surface area contributed by atoms with Crippen molar-refractivity contribution in [2.75, 3.05) is 12.4 Å². The molecule has 0 radical (unpaired) electrons. The zero-order valence-electron chi connectivity index (χ0n) is 10.7. The average Bonchev–Trinajstić information content (AvgIpc) is 2.39. The van der Waals surface area contributed by atoms with Crippen molar-refractivity contribution in [1.82, 2.24) is 4.90 Å². The lowest BCUT2D eigenvalue weighted by atomic mass is 9.95. The van der Waals surface area contributed by atoms with E-state index < -0.39 is 0 Å². The summed E-state index contributed by atoms with van der Waals surface area (Å²) in [4.78, 5) is 13.8. The standard InChI is InChI=1S/C14H19FN2O/c1-17(13-8-3-2-4-9-13)14(18)16-12-7-5-6-11(15)10-12/h5-7,10,13H,2-4,8-9H2,1H3,(H,16,18). The van der Waals surface area contributed by atoms with E-state index in [1.807, 2.05) is 7.05 Å². The van der Waals surface area contributed by atoms with Crippen LogP contribution in [0.4, 0.5) is 14.9 Å². The summed E-state index contributed by atoms with van der Waals surface area (Å²) in [5, 5.41) is 2.73. The first-order chi connectivity index (χ1) is 8.66. The number of carbonyl (C=O) groups is 1. The fraction of sp³-hybridized carbons (Fsp3) is 0.500. The topological polar surface area (TPSA) is 32.3 Å². The number of rotatable bonds is 2. The molecule has 2 amide bonds. The predicted molar refractivity (Wildman–Crippen MR) is 70.1 cm³/mol. The lowest BCUT2D eigenvalue weighted by Gasteiger charge is -2.31. The largest absolute Gasteiger partial charge is 0.325 e. The number of nitrogens with zero attached hydrogens (tertiary/aromatic N) is 1. The third-order valence-electron chi connectivity index (χ3n) is 3.52. The van der Waals surface area contributed by atoms with Crippen LogP contribution in [0.25, 0.3) is 0 Å². The lowest BCUT2D eigenvalue weighted by Crippen LogP contribution is -2.40. The van der Waals surface area contributed by atoms with Gasteiger partial charge in [-0.05, 0) is 31.0 Å². The molecule has 0 saturated heterocycles. The van der Waals surface area contributed by atoms with Crippen molar-refractivity contribution in [2.24, 2.45) is 0 Å². The van der Waals surface area contributed by atoms with Crippen LogP contribution < -0.4 is 5.32 Å². The van der Waals surface area contributed by atoms with Gasteiger partial charge in [0.05, 0.1) is 0 Å². The third-order valence-corrected chi connectivity index (χ3v) is 3.52. The molecule has 2 rings (SSSR count). The van der Waals surface area contributed by atoms with Crippen molar-refractivity contribution in [3.05, 3.63) is 30.1 Å². The number of nitrogens with one attached hydrogen (secondary N) is 1. The summed E-state index contributed by atoms with van der Waals surface area (Å²) in [6, 6.07) is 6.12. The zero-order valence-corrected chi connectivity index (χ0v) is 10.7. The van der Waals surface area contributed by atoms with E-state index >= 15 is 0 Å². The minimum atomic E-state index is -0.340. The van der Waals surface area contributed by atoms with E-state index in [4.69, 9.17) is 0 Å². The summed E-state index contributed by atoms with van der Waals surface area (Å²) in [5.41, 5.74) is 0.502. The van der Waals surface area contributed by atoms with E-state index in [2.05, 4.69) is 5.32 Å². The third kappa shape index (κ3) is 3.22. The first-order valence-corrected chi connectivity index (χ1v) is 6.46. The van der Waals surface area contributed by atoms with Crippen molar-refractivity contribution in [3.63, 3.8) is 0 Å². The second kappa shape index (κ2) is 5.85. The van der Waals surface area contributed by atoms with Gasteiger partial charge in [-0.2, -0.15) is 0 Å². The highest BCUT2D eigenvalue weighted by Gasteiger charge is 2.21. The average molecular weight is 250 g/mol. The van der Waals surface area contributed by atoms with Gasteiger partial charge in [-0.25, -0.2) is 9.18 Å². The highest BCUT2D eigenvalue weighted by molar-refractivity contribution is 5.89. The van der Waals surface area contributed by atoms with E-state index in [-0.39, 0.29) is 11.8 Å².